The molecule has 0 bridgehead atoms. The lowest BCUT2D eigenvalue weighted by atomic mass is 10.1. The first kappa shape index (κ1) is 15.5. The molecule has 1 saturated heterocycles. The summed E-state index contributed by atoms with van der Waals surface area (Å²) in [5.41, 5.74) is 1.30. The number of benzene rings is 1. The van der Waals surface area contributed by atoms with Crippen LogP contribution in [0.25, 0.3) is 0 Å². The highest BCUT2D eigenvalue weighted by atomic mass is 16.3. The summed E-state index contributed by atoms with van der Waals surface area (Å²) in [6.45, 7) is 6.09. The predicted molar refractivity (Wildman–Crippen MR) is 86.6 cm³/mol. The van der Waals surface area contributed by atoms with E-state index >= 15 is 0 Å². The van der Waals surface area contributed by atoms with Crippen molar-refractivity contribution < 1.29 is 9.90 Å². The van der Waals surface area contributed by atoms with Gasteiger partial charge in [-0.05, 0) is 24.3 Å². The molecule has 1 N–H and O–H groups in total. The predicted octanol–water partition coefficient (Wildman–Crippen LogP) is 1.71. The van der Waals surface area contributed by atoms with Crippen molar-refractivity contribution in [3.63, 3.8) is 0 Å². The maximum absolute atomic E-state index is 12.6. The van der Waals surface area contributed by atoms with Crippen molar-refractivity contribution in [1.82, 2.24) is 9.80 Å². The van der Waals surface area contributed by atoms with Crippen molar-refractivity contribution in [2.24, 2.45) is 5.92 Å². The fourth-order valence-electron chi connectivity index (χ4n) is 3.35. The van der Waals surface area contributed by atoms with Crippen LogP contribution in [0.5, 0.6) is 0 Å². The summed E-state index contributed by atoms with van der Waals surface area (Å²) < 4.78 is 0. The lowest BCUT2D eigenvalue weighted by Crippen LogP contribution is -2.50. The fourth-order valence-corrected chi connectivity index (χ4v) is 3.35. The van der Waals surface area contributed by atoms with Gasteiger partial charge in [0.15, 0.2) is 0 Å². The molecule has 1 aromatic carbocycles. The van der Waals surface area contributed by atoms with E-state index in [0.717, 1.165) is 45.6 Å². The van der Waals surface area contributed by atoms with E-state index in [9.17, 15) is 9.90 Å². The Balaban J connectivity index is 1.47. The van der Waals surface area contributed by atoms with Gasteiger partial charge >= 0.3 is 0 Å². The van der Waals surface area contributed by atoms with E-state index in [-0.39, 0.29) is 12.0 Å². The molecule has 3 atom stereocenters. The summed E-state index contributed by atoms with van der Waals surface area (Å²) >= 11 is 0. The number of hydrogen-bond donors (Lipinski definition) is 1. The molecular weight excluding hydrogens is 276 g/mol. The Bertz CT molecular complexity index is 497. The van der Waals surface area contributed by atoms with Crippen LogP contribution in [0, 0.1) is 5.92 Å². The number of rotatable bonds is 5. The van der Waals surface area contributed by atoms with Crippen molar-refractivity contribution in [1.29, 1.82) is 0 Å². The van der Waals surface area contributed by atoms with Crippen molar-refractivity contribution in [3.05, 3.63) is 35.9 Å². The molecule has 4 heteroatoms. The third-order valence-electron chi connectivity index (χ3n) is 4.96. The smallest absolute Gasteiger partial charge is 0.226 e. The van der Waals surface area contributed by atoms with Gasteiger partial charge in [-0.1, -0.05) is 37.3 Å². The Kier molecular flexibility index (Phi) is 4.79. The van der Waals surface area contributed by atoms with Crippen LogP contribution in [-0.2, 0) is 4.79 Å². The van der Waals surface area contributed by atoms with E-state index in [1.165, 1.54) is 5.56 Å². The largest absolute Gasteiger partial charge is 0.392 e. The van der Waals surface area contributed by atoms with E-state index in [0.29, 0.717) is 11.8 Å². The number of amides is 1. The van der Waals surface area contributed by atoms with Gasteiger partial charge in [-0.15, -0.1) is 0 Å². The van der Waals surface area contributed by atoms with Crippen molar-refractivity contribution in [2.75, 3.05) is 32.7 Å². The zero-order chi connectivity index (χ0) is 15.5. The van der Waals surface area contributed by atoms with Crippen LogP contribution in [0.15, 0.2) is 30.3 Å². The molecular formula is C18H26N2O2. The van der Waals surface area contributed by atoms with Crippen molar-refractivity contribution in [3.8, 4) is 0 Å². The van der Waals surface area contributed by atoms with Gasteiger partial charge in [0.05, 0.1) is 6.10 Å². The van der Waals surface area contributed by atoms with Gasteiger partial charge in [-0.25, -0.2) is 0 Å². The van der Waals surface area contributed by atoms with E-state index in [4.69, 9.17) is 0 Å². The van der Waals surface area contributed by atoms with Crippen LogP contribution in [0.1, 0.15) is 31.2 Å². The van der Waals surface area contributed by atoms with Crippen LogP contribution in [0.2, 0.25) is 0 Å². The minimum atomic E-state index is -0.242. The van der Waals surface area contributed by atoms with Gasteiger partial charge < -0.3 is 10.0 Å². The molecule has 2 fully saturated rings. The summed E-state index contributed by atoms with van der Waals surface area (Å²) in [6.07, 6.45) is 1.55. The first-order valence-electron chi connectivity index (χ1n) is 8.43. The highest BCUT2D eigenvalue weighted by Crippen LogP contribution is 2.48. The molecule has 0 aromatic heterocycles. The number of carbonyl (C=O) groups excluding carboxylic acids is 1. The Hall–Kier alpha value is -1.39. The summed E-state index contributed by atoms with van der Waals surface area (Å²) in [5, 5.41) is 9.72. The van der Waals surface area contributed by atoms with E-state index in [1.807, 2.05) is 30.0 Å². The monoisotopic (exact) mass is 302 g/mol. The molecule has 1 aromatic rings. The molecule has 0 radical (unpaired) electrons. The van der Waals surface area contributed by atoms with E-state index in [2.05, 4.69) is 17.0 Å². The Labute approximate surface area is 132 Å². The zero-order valence-corrected chi connectivity index (χ0v) is 13.3. The second-order valence-corrected chi connectivity index (χ2v) is 6.55. The molecule has 1 aliphatic carbocycles. The van der Waals surface area contributed by atoms with Gasteiger partial charge in [-0.2, -0.15) is 0 Å². The second kappa shape index (κ2) is 6.80. The highest BCUT2D eigenvalue weighted by molar-refractivity contribution is 5.83. The molecule has 4 nitrogen and oxygen atoms in total. The molecule has 120 valence electrons. The molecule has 1 amide bonds. The van der Waals surface area contributed by atoms with E-state index < -0.39 is 0 Å². The standard InChI is InChI=1S/C18H26N2O2/c1-2-15(21)13-19-8-10-20(11-9-19)18(22)17-12-16(17)14-6-4-3-5-7-14/h3-7,15-17,21H,2,8-13H2,1H3/t15-,16-,17-/m0/s1. The lowest BCUT2D eigenvalue weighted by molar-refractivity contribution is -0.134. The maximum Gasteiger partial charge on any atom is 0.226 e. The summed E-state index contributed by atoms with van der Waals surface area (Å²) in [7, 11) is 0. The minimum Gasteiger partial charge on any atom is -0.392 e. The molecule has 3 rings (SSSR count). The van der Waals surface area contributed by atoms with Gasteiger partial charge in [0.2, 0.25) is 5.91 Å². The number of β-amino-alcohol motifs (C(OH)–C–C–N with tert-alkyl or cyclic N) is 1. The number of aliphatic hydroxyl groups is 1. The number of hydrogen-bond acceptors (Lipinski definition) is 3. The number of nitrogens with zero attached hydrogens (tertiary/aromatic N) is 2. The third kappa shape index (κ3) is 3.50. The lowest BCUT2D eigenvalue weighted by Gasteiger charge is -2.35. The van der Waals surface area contributed by atoms with Crippen LogP contribution in [-0.4, -0.2) is 59.6 Å². The first-order chi connectivity index (χ1) is 10.7. The molecule has 2 aliphatic rings. The van der Waals surface area contributed by atoms with Gasteiger partial charge in [0.1, 0.15) is 0 Å². The Morgan fingerprint density at radius 2 is 1.91 bits per heavy atom. The molecule has 22 heavy (non-hydrogen) atoms. The fraction of sp³-hybridized carbons (Fsp3) is 0.611. The van der Waals surface area contributed by atoms with Crippen LogP contribution >= 0.6 is 0 Å². The quantitative estimate of drug-likeness (QED) is 0.900. The molecule has 1 aliphatic heterocycles. The summed E-state index contributed by atoms with van der Waals surface area (Å²) in [6, 6.07) is 10.4. The van der Waals surface area contributed by atoms with Gasteiger partial charge in [0.25, 0.3) is 0 Å². The van der Waals surface area contributed by atoms with Gasteiger partial charge in [0, 0.05) is 38.6 Å². The third-order valence-corrected chi connectivity index (χ3v) is 4.96. The normalized spacial score (nSPS) is 26.7. The molecule has 1 saturated carbocycles. The highest BCUT2D eigenvalue weighted by Gasteiger charge is 2.45. The van der Waals surface area contributed by atoms with Crippen LogP contribution < -0.4 is 0 Å². The molecule has 1 heterocycles. The van der Waals surface area contributed by atoms with Crippen LogP contribution in [0.4, 0.5) is 0 Å². The summed E-state index contributed by atoms with van der Waals surface area (Å²) in [5.74, 6) is 0.938. The number of aliphatic hydroxyl groups excluding tert-OH is 1. The number of carbonyl (C=O) groups is 1. The Morgan fingerprint density at radius 1 is 1.23 bits per heavy atom. The SMILES string of the molecule is CC[C@H](O)CN1CCN(C(=O)[C@H]2C[C@H]2c2ccccc2)CC1. The molecule has 0 spiro atoms. The van der Waals surface area contributed by atoms with Gasteiger partial charge in [-0.3, -0.25) is 9.69 Å². The van der Waals surface area contributed by atoms with Crippen molar-refractivity contribution >= 4 is 5.91 Å². The second-order valence-electron chi connectivity index (χ2n) is 6.55. The van der Waals surface area contributed by atoms with Crippen LogP contribution in [0.3, 0.4) is 0 Å². The maximum atomic E-state index is 12.6. The van der Waals surface area contributed by atoms with Crippen molar-refractivity contribution in [2.45, 2.75) is 31.8 Å². The summed E-state index contributed by atoms with van der Waals surface area (Å²) in [4.78, 5) is 16.9. The first-order valence-corrected chi connectivity index (χ1v) is 8.43. The Morgan fingerprint density at radius 3 is 2.55 bits per heavy atom. The topological polar surface area (TPSA) is 43.8 Å². The number of piperazine rings is 1. The van der Waals surface area contributed by atoms with E-state index in [1.54, 1.807) is 0 Å². The zero-order valence-electron chi connectivity index (χ0n) is 13.3. The molecule has 0 unspecified atom stereocenters. The average Bonchev–Trinajstić information content (AvgIpc) is 3.36. The average molecular weight is 302 g/mol. The minimum absolute atomic E-state index is 0.190.